The SMILES string of the molecule is CCOC(=O)C(C(=O)OCC)=C(SN)c1cc(F)cc(Cl)c1. The fourth-order valence-corrected chi connectivity index (χ4v) is 2.39. The van der Waals surface area contributed by atoms with Crippen molar-refractivity contribution in [3.05, 3.63) is 40.2 Å². The molecule has 5 nitrogen and oxygen atoms in total. The van der Waals surface area contributed by atoms with Crippen LogP contribution in [-0.2, 0) is 19.1 Å². The predicted molar refractivity (Wildman–Crippen MR) is 83.4 cm³/mol. The molecule has 0 aliphatic rings. The molecule has 0 saturated carbocycles. The summed E-state index contributed by atoms with van der Waals surface area (Å²) >= 11 is 6.40. The van der Waals surface area contributed by atoms with E-state index >= 15 is 0 Å². The number of halogens is 2. The van der Waals surface area contributed by atoms with Crippen LogP contribution in [0.5, 0.6) is 0 Å². The third-order valence-corrected chi connectivity index (χ3v) is 3.32. The molecule has 0 heterocycles. The van der Waals surface area contributed by atoms with Gasteiger partial charge in [-0.05, 0) is 49.6 Å². The van der Waals surface area contributed by atoms with Gasteiger partial charge in [0, 0.05) is 5.02 Å². The van der Waals surface area contributed by atoms with Gasteiger partial charge in [0.25, 0.3) is 0 Å². The number of nitrogens with two attached hydrogens (primary N) is 1. The molecule has 0 saturated heterocycles. The molecule has 0 bridgehead atoms. The third-order valence-electron chi connectivity index (χ3n) is 2.43. The van der Waals surface area contributed by atoms with E-state index in [9.17, 15) is 14.0 Å². The number of benzene rings is 1. The summed E-state index contributed by atoms with van der Waals surface area (Å²) in [4.78, 5) is 24.1. The molecule has 0 radical (unpaired) electrons. The first-order valence-corrected chi connectivity index (χ1v) is 7.62. The summed E-state index contributed by atoms with van der Waals surface area (Å²) in [6, 6.07) is 3.59. The van der Waals surface area contributed by atoms with Gasteiger partial charge in [-0.15, -0.1) is 0 Å². The zero-order chi connectivity index (χ0) is 16.7. The van der Waals surface area contributed by atoms with Crippen molar-refractivity contribution in [2.45, 2.75) is 13.8 Å². The van der Waals surface area contributed by atoms with Crippen LogP contribution in [0.15, 0.2) is 23.8 Å². The molecule has 0 aliphatic carbocycles. The maximum absolute atomic E-state index is 13.5. The number of carbonyl (C=O) groups excluding carboxylic acids is 2. The molecule has 0 aliphatic heterocycles. The lowest BCUT2D eigenvalue weighted by molar-refractivity contribution is -0.146. The van der Waals surface area contributed by atoms with Gasteiger partial charge in [0.2, 0.25) is 0 Å². The Bertz CT molecular complexity index is 566. The van der Waals surface area contributed by atoms with Crippen molar-refractivity contribution >= 4 is 40.4 Å². The second-order valence-corrected chi connectivity index (χ2v) is 5.00. The van der Waals surface area contributed by atoms with Crippen molar-refractivity contribution in [3.8, 4) is 0 Å². The van der Waals surface area contributed by atoms with Gasteiger partial charge in [0.05, 0.1) is 18.1 Å². The molecule has 1 aromatic carbocycles. The summed E-state index contributed by atoms with van der Waals surface area (Å²) in [5, 5.41) is 5.66. The second-order valence-electron chi connectivity index (χ2n) is 3.92. The van der Waals surface area contributed by atoms with Crippen molar-refractivity contribution in [3.63, 3.8) is 0 Å². The maximum atomic E-state index is 13.5. The van der Waals surface area contributed by atoms with E-state index in [0.717, 1.165) is 12.1 Å². The Hall–Kier alpha value is -1.57. The minimum Gasteiger partial charge on any atom is -0.462 e. The Kier molecular flexibility index (Phi) is 7.37. The second kappa shape index (κ2) is 8.77. The number of ether oxygens (including phenoxy) is 2. The van der Waals surface area contributed by atoms with Crippen molar-refractivity contribution < 1.29 is 23.5 Å². The van der Waals surface area contributed by atoms with Crippen molar-refractivity contribution in [1.29, 1.82) is 0 Å². The average Bonchev–Trinajstić information content (AvgIpc) is 2.43. The summed E-state index contributed by atoms with van der Waals surface area (Å²) < 4.78 is 23.2. The lowest BCUT2D eigenvalue weighted by Crippen LogP contribution is -2.20. The van der Waals surface area contributed by atoms with Gasteiger partial charge in [-0.1, -0.05) is 11.6 Å². The smallest absolute Gasteiger partial charge is 0.346 e. The summed E-state index contributed by atoms with van der Waals surface area (Å²) in [7, 11) is 0. The highest BCUT2D eigenvalue weighted by Crippen LogP contribution is 2.31. The standard InChI is InChI=1S/C14H15ClFNO4S/c1-3-20-13(18)11(14(19)21-4-2)12(22-17)8-5-9(15)7-10(16)6-8/h5-7H,3-4,17H2,1-2H3. The fraction of sp³-hybridized carbons (Fsp3) is 0.286. The molecule has 0 unspecified atom stereocenters. The molecular weight excluding hydrogens is 333 g/mol. The lowest BCUT2D eigenvalue weighted by Gasteiger charge is -2.12. The van der Waals surface area contributed by atoms with Crippen molar-refractivity contribution in [1.82, 2.24) is 0 Å². The number of hydrogen-bond donors (Lipinski definition) is 1. The first-order chi connectivity index (χ1) is 10.4. The molecular formula is C14H15ClFNO4S. The van der Waals surface area contributed by atoms with Crippen LogP contribution in [-0.4, -0.2) is 25.2 Å². The Balaban J connectivity index is 3.48. The first-order valence-electron chi connectivity index (χ1n) is 6.36. The Morgan fingerprint density at radius 1 is 1.18 bits per heavy atom. The van der Waals surface area contributed by atoms with Crippen LogP contribution in [0.4, 0.5) is 4.39 Å². The highest BCUT2D eigenvalue weighted by molar-refractivity contribution is 8.06. The van der Waals surface area contributed by atoms with E-state index in [1.54, 1.807) is 13.8 Å². The van der Waals surface area contributed by atoms with Crippen LogP contribution in [0.1, 0.15) is 19.4 Å². The van der Waals surface area contributed by atoms with Crippen molar-refractivity contribution in [2.75, 3.05) is 13.2 Å². The predicted octanol–water partition coefficient (Wildman–Crippen LogP) is 2.92. The van der Waals surface area contributed by atoms with E-state index in [1.165, 1.54) is 6.07 Å². The van der Waals surface area contributed by atoms with E-state index in [4.69, 9.17) is 26.2 Å². The van der Waals surface area contributed by atoms with E-state index in [-0.39, 0.29) is 28.7 Å². The lowest BCUT2D eigenvalue weighted by atomic mass is 10.1. The van der Waals surface area contributed by atoms with Crippen LogP contribution in [0, 0.1) is 5.82 Å². The summed E-state index contributed by atoms with van der Waals surface area (Å²) in [5.41, 5.74) is -0.202. The number of hydrogen-bond acceptors (Lipinski definition) is 6. The average molecular weight is 348 g/mol. The van der Waals surface area contributed by atoms with E-state index < -0.39 is 23.3 Å². The summed E-state index contributed by atoms with van der Waals surface area (Å²) in [6.45, 7) is 3.31. The normalized spacial score (nSPS) is 10.0. The van der Waals surface area contributed by atoms with Gasteiger partial charge < -0.3 is 9.47 Å². The maximum Gasteiger partial charge on any atom is 0.346 e. The number of esters is 2. The molecule has 1 aromatic rings. The fourth-order valence-electron chi connectivity index (χ4n) is 1.63. The van der Waals surface area contributed by atoms with Crippen molar-refractivity contribution in [2.24, 2.45) is 5.14 Å². The molecule has 1 rings (SSSR count). The van der Waals surface area contributed by atoms with Gasteiger partial charge in [0.15, 0.2) is 5.57 Å². The quantitative estimate of drug-likeness (QED) is 0.280. The van der Waals surface area contributed by atoms with Gasteiger partial charge in [0.1, 0.15) is 5.82 Å². The number of carbonyl (C=O) groups is 2. The van der Waals surface area contributed by atoms with Crippen LogP contribution in [0.3, 0.4) is 0 Å². The van der Waals surface area contributed by atoms with Gasteiger partial charge in [-0.25, -0.2) is 14.0 Å². The zero-order valence-electron chi connectivity index (χ0n) is 12.0. The zero-order valence-corrected chi connectivity index (χ0v) is 13.6. The first kappa shape index (κ1) is 18.5. The van der Waals surface area contributed by atoms with Crippen LogP contribution in [0.2, 0.25) is 5.02 Å². The monoisotopic (exact) mass is 347 g/mol. The molecule has 8 heteroatoms. The van der Waals surface area contributed by atoms with Crippen LogP contribution >= 0.6 is 23.5 Å². The molecule has 22 heavy (non-hydrogen) atoms. The largest absolute Gasteiger partial charge is 0.462 e. The number of rotatable bonds is 6. The van der Waals surface area contributed by atoms with E-state index in [1.807, 2.05) is 0 Å². The molecule has 0 atom stereocenters. The summed E-state index contributed by atoms with van der Waals surface area (Å²) in [6.07, 6.45) is 0. The topological polar surface area (TPSA) is 78.6 Å². The Morgan fingerprint density at radius 3 is 2.14 bits per heavy atom. The van der Waals surface area contributed by atoms with Gasteiger partial charge in [-0.2, -0.15) is 0 Å². The summed E-state index contributed by atoms with van der Waals surface area (Å²) in [5.74, 6) is -2.41. The highest BCUT2D eigenvalue weighted by Gasteiger charge is 2.27. The van der Waals surface area contributed by atoms with E-state index in [2.05, 4.69) is 0 Å². The molecule has 2 N–H and O–H groups in total. The molecule has 0 spiro atoms. The molecule has 0 aromatic heterocycles. The molecule has 0 fully saturated rings. The Labute approximate surface area is 136 Å². The third kappa shape index (κ3) is 4.72. The molecule has 120 valence electrons. The van der Waals surface area contributed by atoms with Gasteiger partial charge >= 0.3 is 11.9 Å². The minimum atomic E-state index is -0.894. The highest BCUT2D eigenvalue weighted by atomic mass is 35.5. The minimum absolute atomic E-state index is 0.0262. The van der Waals surface area contributed by atoms with Crippen LogP contribution < -0.4 is 5.14 Å². The van der Waals surface area contributed by atoms with E-state index in [0.29, 0.717) is 11.9 Å². The van der Waals surface area contributed by atoms with Gasteiger partial charge in [-0.3, -0.25) is 5.14 Å². The van der Waals surface area contributed by atoms with Crippen LogP contribution in [0.25, 0.3) is 4.91 Å². The molecule has 0 amide bonds. The Morgan fingerprint density at radius 2 is 1.73 bits per heavy atom.